The Balaban J connectivity index is 0.00000405. The maximum absolute atomic E-state index is 12.6. The number of aliphatic hydroxyl groups excluding tert-OH is 2. The number of amides is 2. The lowest BCUT2D eigenvalue weighted by Crippen LogP contribution is -2.42. The van der Waals surface area contributed by atoms with Crippen LogP contribution in [0.2, 0.25) is 0 Å². The number of aromatic nitrogens is 5. The number of fused-ring (bicyclic) bond motifs is 1. The number of carbonyl (C=O) groups is 2. The fraction of sp³-hybridized carbons (Fsp3) is 0.630. The zero-order chi connectivity index (χ0) is 29.3. The molecule has 0 spiro atoms. The maximum atomic E-state index is 12.6. The second kappa shape index (κ2) is 13.2. The fourth-order valence-electron chi connectivity index (χ4n) is 5.60. The summed E-state index contributed by atoms with van der Waals surface area (Å²) in [5.41, 5.74) is 1.33. The van der Waals surface area contributed by atoms with Gasteiger partial charge in [-0.1, -0.05) is 25.9 Å². The number of aryl methyl sites for hydroxylation is 1. The topological polar surface area (TPSA) is 184 Å². The van der Waals surface area contributed by atoms with E-state index in [4.69, 9.17) is 14.5 Å². The van der Waals surface area contributed by atoms with E-state index in [9.17, 15) is 19.8 Å². The third-order valence-electron chi connectivity index (χ3n) is 8.08. The number of rotatable bonds is 10. The van der Waals surface area contributed by atoms with Crippen LogP contribution in [0.3, 0.4) is 0 Å². The van der Waals surface area contributed by atoms with Crippen molar-refractivity contribution in [1.82, 2.24) is 35.3 Å². The van der Waals surface area contributed by atoms with E-state index in [0.717, 1.165) is 12.8 Å². The van der Waals surface area contributed by atoms with Gasteiger partial charge in [-0.25, -0.2) is 4.98 Å². The summed E-state index contributed by atoms with van der Waals surface area (Å²) in [7, 11) is 0. The van der Waals surface area contributed by atoms with Crippen LogP contribution in [-0.4, -0.2) is 90.1 Å². The van der Waals surface area contributed by atoms with E-state index in [1.807, 2.05) is 4.90 Å². The zero-order valence-corrected chi connectivity index (χ0v) is 25.1. The first-order valence-electron chi connectivity index (χ1n) is 14.4. The molecule has 0 aromatic carbocycles. The van der Waals surface area contributed by atoms with E-state index in [0.29, 0.717) is 54.6 Å². The van der Waals surface area contributed by atoms with E-state index in [1.165, 1.54) is 0 Å². The summed E-state index contributed by atoms with van der Waals surface area (Å²) in [5.74, 6) is 1.15. The molecule has 0 radical (unpaired) electrons. The van der Waals surface area contributed by atoms with E-state index < -0.39 is 24.3 Å². The summed E-state index contributed by atoms with van der Waals surface area (Å²) in [6.45, 7) is 8.81. The summed E-state index contributed by atoms with van der Waals surface area (Å²) in [5, 5.41) is 34.8. The smallest absolute Gasteiger partial charge is 0.273 e. The van der Waals surface area contributed by atoms with Gasteiger partial charge < -0.3 is 40.2 Å². The quantitative estimate of drug-likeness (QED) is 0.227. The molecule has 5 atom stereocenters. The van der Waals surface area contributed by atoms with Crippen LogP contribution in [0.4, 0.5) is 11.8 Å². The standard InChI is InChI=1S/C27H39N9O5.ClH/c1-5-15(6-2)29-24-21-25(36(13-28-21)19-11-17(22(38)23(19)39)31-20(37)7-3)33-27(32-24)35-9-8-16(12-35)30-26(40)18-10-14(4)41-34-18;/h10,13,15-17,19,22-23,38-39H,5-9,11-12H2,1-4H3,(H,30,40)(H,31,37)(H,29,32,33);1H/t16-,17+,19-,22-,23+;/m1./s1. The molecular weight excluding hydrogens is 566 g/mol. The molecule has 3 aromatic rings. The second-order valence-electron chi connectivity index (χ2n) is 10.9. The van der Waals surface area contributed by atoms with Crippen molar-refractivity contribution in [2.75, 3.05) is 23.3 Å². The summed E-state index contributed by atoms with van der Waals surface area (Å²) in [6, 6.07) is 0.518. The molecule has 230 valence electrons. The number of nitrogens with one attached hydrogen (secondary N) is 3. The van der Waals surface area contributed by atoms with Crippen LogP contribution in [0.5, 0.6) is 0 Å². The maximum Gasteiger partial charge on any atom is 0.273 e. The molecule has 1 aliphatic carbocycles. The van der Waals surface area contributed by atoms with Crippen molar-refractivity contribution in [3.63, 3.8) is 0 Å². The van der Waals surface area contributed by atoms with Crippen molar-refractivity contribution in [3.8, 4) is 0 Å². The third-order valence-corrected chi connectivity index (χ3v) is 8.08. The van der Waals surface area contributed by atoms with Crippen LogP contribution < -0.4 is 20.9 Å². The number of hydrogen-bond donors (Lipinski definition) is 5. The van der Waals surface area contributed by atoms with Crippen molar-refractivity contribution < 1.29 is 24.3 Å². The Morgan fingerprint density at radius 3 is 2.57 bits per heavy atom. The van der Waals surface area contributed by atoms with Gasteiger partial charge in [-0.05, 0) is 32.6 Å². The molecule has 14 nitrogen and oxygen atoms in total. The monoisotopic (exact) mass is 605 g/mol. The van der Waals surface area contributed by atoms with Gasteiger partial charge in [0.05, 0.1) is 18.4 Å². The number of nitrogens with zero attached hydrogens (tertiary/aromatic N) is 6. The van der Waals surface area contributed by atoms with Crippen LogP contribution in [0.1, 0.15) is 75.2 Å². The molecule has 5 rings (SSSR count). The first-order valence-corrected chi connectivity index (χ1v) is 14.4. The Bertz CT molecular complexity index is 1390. The fourth-order valence-corrected chi connectivity index (χ4v) is 5.60. The molecule has 4 heterocycles. The highest BCUT2D eigenvalue weighted by atomic mass is 35.5. The highest BCUT2D eigenvalue weighted by molar-refractivity contribution is 5.92. The predicted molar refractivity (Wildman–Crippen MR) is 158 cm³/mol. The third kappa shape index (κ3) is 6.30. The lowest BCUT2D eigenvalue weighted by Gasteiger charge is -2.22. The first-order chi connectivity index (χ1) is 19.7. The van der Waals surface area contributed by atoms with Crippen molar-refractivity contribution >= 4 is 47.2 Å². The van der Waals surface area contributed by atoms with E-state index >= 15 is 0 Å². The van der Waals surface area contributed by atoms with Crippen LogP contribution in [-0.2, 0) is 4.79 Å². The van der Waals surface area contributed by atoms with E-state index in [-0.39, 0.29) is 48.4 Å². The molecule has 1 saturated heterocycles. The minimum atomic E-state index is -1.12. The van der Waals surface area contributed by atoms with Gasteiger partial charge in [0.1, 0.15) is 18.0 Å². The van der Waals surface area contributed by atoms with Gasteiger partial charge in [0.25, 0.3) is 5.91 Å². The van der Waals surface area contributed by atoms with Crippen LogP contribution >= 0.6 is 12.4 Å². The van der Waals surface area contributed by atoms with Crippen molar-refractivity contribution in [3.05, 3.63) is 23.8 Å². The first kappa shape index (κ1) is 31.4. The van der Waals surface area contributed by atoms with Gasteiger partial charge in [-0.3, -0.25) is 9.59 Å². The van der Waals surface area contributed by atoms with Crippen LogP contribution in [0, 0.1) is 6.92 Å². The largest absolute Gasteiger partial charge is 0.388 e. The van der Waals surface area contributed by atoms with Crippen LogP contribution in [0.25, 0.3) is 11.2 Å². The number of carbonyl (C=O) groups excluding carboxylic acids is 2. The Morgan fingerprint density at radius 2 is 1.90 bits per heavy atom. The number of imidazole rings is 1. The van der Waals surface area contributed by atoms with Gasteiger partial charge in [0, 0.05) is 37.7 Å². The SMILES string of the molecule is CCC(=O)N[C@H]1C[C@@H](n2cnc3c(NC(CC)CC)nc(N4CC[C@@H](NC(=O)c5cc(C)on5)C4)nc32)[C@H](O)[C@@H]1O.Cl. The number of anilines is 2. The highest BCUT2D eigenvalue weighted by Gasteiger charge is 2.44. The number of aliphatic hydroxyl groups is 2. The Hall–Kier alpha value is -3.49. The normalized spacial score (nSPS) is 23.8. The number of hydrogen-bond acceptors (Lipinski definition) is 11. The highest BCUT2D eigenvalue weighted by Crippen LogP contribution is 2.35. The summed E-state index contributed by atoms with van der Waals surface area (Å²) < 4.78 is 6.80. The van der Waals surface area contributed by atoms with Gasteiger partial charge in [0.15, 0.2) is 22.7 Å². The van der Waals surface area contributed by atoms with E-state index in [2.05, 4.69) is 39.9 Å². The molecule has 0 bridgehead atoms. The molecule has 1 saturated carbocycles. The minimum Gasteiger partial charge on any atom is -0.388 e. The van der Waals surface area contributed by atoms with Crippen molar-refractivity contribution in [2.24, 2.45) is 0 Å². The molecule has 42 heavy (non-hydrogen) atoms. The molecule has 0 unspecified atom stereocenters. The molecule has 2 amide bonds. The summed E-state index contributed by atoms with van der Waals surface area (Å²) in [4.78, 5) is 41.0. The van der Waals surface area contributed by atoms with Gasteiger partial charge >= 0.3 is 0 Å². The Kier molecular flexibility index (Phi) is 9.89. The van der Waals surface area contributed by atoms with Gasteiger partial charge in [-0.2, -0.15) is 9.97 Å². The summed E-state index contributed by atoms with van der Waals surface area (Å²) in [6.07, 6.45) is 2.47. The zero-order valence-electron chi connectivity index (χ0n) is 24.3. The predicted octanol–water partition coefficient (Wildman–Crippen LogP) is 1.72. The van der Waals surface area contributed by atoms with Crippen LogP contribution in [0.15, 0.2) is 16.9 Å². The molecular formula is C27H40ClN9O5. The van der Waals surface area contributed by atoms with Gasteiger partial charge in [-0.15, -0.1) is 12.4 Å². The molecule has 1 aliphatic heterocycles. The molecule has 15 heteroatoms. The molecule has 5 N–H and O–H groups in total. The van der Waals surface area contributed by atoms with Gasteiger partial charge in [0.2, 0.25) is 11.9 Å². The average molecular weight is 606 g/mol. The Labute approximate surface area is 250 Å². The summed E-state index contributed by atoms with van der Waals surface area (Å²) >= 11 is 0. The average Bonchev–Trinajstić information content (AvgIpc) is 3.76. The molecule has 3 aromatic heterocycles. The molecule has 2 fully saturated rings. The second-order valence-corrected chi connectivity index (χ2v) is 10.9. The number of halogens is 1. The molecule has 2 aliphatic rings. The lowest BCUT2D eigenvalue weighted by atomic mass is 10.2. The van der Waals surface area contributed by atoms with Crippen molar-refractivity contribution in [1.29, 1.82) is 0 Å². The lowest BCUT2D eigenvalue weighted by molar-refractivity contribution is -0.122. The minimum absolute atomic E-state index is 0. The van der Waals surface area contributed by atoms with E-state index in [1.54, 1.807) is 30.8 Å². The van der Waals surface area contributed by atoms with Crippen molar-refractivity contribution in [2.45, 2.75) is 96.2 Å². The Morgan fingerprint density at radius 1 is 1.14 bits per heavy atom.